The Morgan fingerprint density at radius 2 is 1.96 bits per heavy atom. The van der Waals surface area contributed by atoms with Crippen LogP contribution in [0.4, 0.5) is 10.6 Å². The first kappa shape index (κ1) is 16.8. The van der Waals surface area contributed by atoms with Crippen molar-refractivity contribution >= 4 is 28.8 Å². The lowest BCUT2D eigenvalue weighted by molar-refractivity contribution is -0.127. The van der Waals surface area contributed by atoms with E-state index in [9.17, 15) is 9.59 Å². The lowest BCUT2D eigenvalue weighted by atomic mass is 9.85. The van der Waals surface area contributed by atoms with Gasteiger partial charge in [0.1, 0.15) is 16.9 Å². The van der Waals surface area contributed by atoms with E-state index in [4.69, 9.17) is 0 Å². The highest BCUT2D eigenvalue weighted by molar-refractivity contribution is 6.07. The average molecular weight is 356 g/mol. The van der Waals surface area contributed by atoms with Gasteiger partial charge in [-0.3, -0.25) is 10.1 Å². The second-order valence-corrected chi connectivity index (χ2v) is 7.61. The largest absolute Gasteiger partial charge is 0.357 e. The quantitative estimate of drug-likeness (QED) is 0.818. The van der Waals surface area contributed by atoms with Gasteiger partial charge in [-0.25, -0.2) is 14.8 Å². The predicted molar refractivity (Wildman–Crippen MR) is 97.9 cm³/mol. The van der Waals surface area contributed by atoms with Crippen LogP contribution in [-0.2, 0) is 4.79 Å². The van der Waals surface area contributed by atoms with Gasteiger partial charge in [0.05, 0.1) is 5.52 Å². The van der Waals surface area contributed by atoms with Crippen LogP contribution >= 0.6 is 0 Å². The molecule has 8 heteroatoms. The highest BCUT2D eigenvalue weighted by Gasteiger charge is 2.54. The number of hydrogen-bond acceptors (Lipinski definition) is 5. The molecule has 0 atom stereocenters. The predicted octanol–water partition coefficient (Wildman–Crippen LogP) is 1.81. The van der Waals surface area contributed by atoms with Crippen molar-refractivity contribution in [2.75, 3.05) is 24.5 Å². The van der Waals surface area contributed by atoms with Crippen molar-refractivity contribution in [3.8, 4) is 0 Å². The van der Waals surface area contributed by atoms with Crippen LogP contribution < -0.4 is 10.2 Å². The second-order valence-electron chi connectivity index (χ2n) is 7.61. The number of fused-ring (bicyclic) bond motifs is 1. The molecule has 2 fully saturated rings. The number of H-pyrrole nitrogens is 1. The third-order valence-corrected chi connectivity index (χ3v) is 5.34. The van der Waals surface area contributed by atoms with Crippen LogP contribution in [0.2, 0.25) is 0 Å². The van der Waals surface area contributed by atoms with E-state index < -0.39 is 5.54 Å². The first-order valence-corrected chi connectivity index (χ1v) is 9.10. The van der Waals surface area contributed by atoms with Gasteiger partial charge in [0.2, 0.25) is 0 Å². The van der Waals surface area contributed by atoms with E-state index in [1.165, 1.54) is 0 Å². The molecule has 0 aliphatic carbocycles. The highest BCUT2D eigenvalue weighted by atomic mass is 16.2. The molecule has 2 saturated heterocycles. The number of aromatic amines is 1. The normalized spacial score (nSPS) is 19.8. The maximum absolute atomic E-state index is 12.6. The molecule has 2 aromatic rings. The molecule has 0 unspecified atom stereocenters. The summed E-state index contributed by atoms with van der Waals surface area (Å²) in [5.74, 6) is 1.74. The second kappa shape index (κ2) is 5.96. The molecule has 0 saturated carbocycles. The number of carbonyl (C=O) groups is 2. The molecule has 2 aliphatic heterocycles. The Kier molecular flexibility index (Phi) is 3.86. The summed E-state index contributed by atoms with van der Waals surface area (Å²) in [4.78, 5) is 41.1. The average Bonchev–Trinajstić information content (AvgIpc) is 3.14. The lowest BCUT2D eigenvalue weighted by Gasteiger charge is -2.43. The number of urea groups is 1. The van der Waals surface area contributed by atoms with Crippen molar-refractivity contribution in [3.63, 3.8) is 0 Å². The molecule has 0 bridgehead atoms. The van der Waals surface area contributed by atoms with Crippen LogP contribution in [0.5, 0.6) is 0 Å². The van der Waals surface area contributed by atoms with Crippen LogP contribution in [0.25, 0.3) is 11.0 Å². The molecule has 138 valence electrons. The van der Waals surface area contributed by atoms with Crippen LogP contribution in [0, 0.1) is 12.8 Å². The molecule has 26 heavy (non-hydrogen) atoms. The minimum Gasteiger partial charge on any atom is -0.357 e. The van der Waals surface area contributed by atoms with Crippen molar-refractivity contribution in [1.82, 2.24) is 25.2 Å². The summed E-state index contributed by atoms with van der Waals surface area (Å²) < 4.78 is 0. The summed E-state index contributed by atoms with van der Waals surface area (Å²) in [6.45, 7) is 7.93. The number of nitrogens with zero attached hydrogens (tertiary/aromatic N) is 4. The smallest absolute Gasteiger partial charge is 0.325 e. The summed E-state index contributed by atoms with van der Waals surface area (Å²) >= 11 is 0. The summed E-state index contributed by atoms with van der Waals surface area (Å²) in [6.07, 6.45) is 3.06. The molecular formula is C18H24N6O2. The molecule has 1 spiro atoms. The number of imide groups is 1. The van der Waals surface area contributed by atoms with Crippen LogP contribution in [0.15, 0.2) is 12.3 Å². The first-order valence-electron chi connectivity index (χ1n) is 9.10. The van der Waals surface area contributed by atoms with E-state index in [0.717, 1.165) is 22.7 Å². The number of piperidine rings is 1. The Labute approximate surface area is 152 Å². The van der Waals surface area contributed by atoms with E-state index in [2.05, 4.69) is 39.0 Å². The van der Waals surface area contributed by atoms with Crippen LogP contribution in [0.1, 0.15) is 32.5 Å². The molecule has 3 amide bonds. The SMILES string of the molecule is Cc1nc(N2CCC3(CC2)C(=O)NC(=O)N3CC(C)C)c2[nH]ccc2n1. The molecular weight excluding hydrogens is 332 g/mol. The molecule has 2 N–H and O–H groups in total. The number of rotatable bonds is 3. The summed E-state index contributed by atoms with van der Waals surface area (Å²) in [5.41, 5.74) is 1.08. The standard InChI is InChI=1S/C18H24N6O2/c1-11(2)10-24-17(26)22-16(25)18(24)5-8-23(9-6-18)15-14-13(4-7-19-14)20-12(3)21-15/h4,7,11,19H,5-6,8-10H2,1-3H3,(H,22,25,26). The molecule has 0 aromatic carbocycles. The maximum Gasteiger partial charge on any atom is 0.325 e. The Hall–Kier alpha value is -2.64. The molecule has 8 nitrogen and oxygen atoms in total. The molecule has 0 radical (unpaired) electrons. The van der Waals surface area contributed by atoms with Gasteiger partial charge in [-0.2, -0.15) is 0 Å². The third-order valence-electron chi connectivity index (χ3n) is 5.34. The number of hydrogen-bond donors (Lipinski definition) is 2. The minimum absolute atomic E-state index is 0.160. The topological polar surface area (TPSA) is 94.2 Å². The van der Waals surface area contributed by atoms with Crippen LogP contribution in [-0.4, -0.2) is 57.0 Å². The maximum atomic E-state index is 12.6. The fourth-order valence-electron chi connectivity index (χ4n) is 4.08. The van der Waals surface area contributed by atoms with E-state index in [0.29, 0.717) is 38.4 Å². The van der Waals surface area contributed by atoms with E-state index >= 15 is 0 Å². The highest BCUT2D eigenvalue weighted by Crippen LogP contribution is 2.36. The number of anilines is 1. The van der Waals surface area contributed by atoms with Crippen LogP contribution in [0.3, 0.4) is 0 Å². The zero-order valence-corrected chi connectivity index (χ0v) is 15.4. The Bertz CT molecular complexity index is 866. The summed E-state index contributed by atoms with van der Waals surface area (Å²) in [7, 11) is 0. The number of nitrogens with one attached hydrogen (secondary N) is 2. The van der Waals surface area contributed by atoms with Gasteiger partial charge in [0.15, 0.2) is 5.82 Å². The molecule has 2 aromatic heterocycles. The van der Waals surface area contributed by atoms with Gasteiger partial charge in [-0.05, 0) is 31.7 Å². The monoisotopic (exact) mass is 356 g/mol. The number of carbonyl (C=O) groups excluding carboxylic acids is 2. The first-order chi connectivity index (χ1) is 12.4. The lowest BCUT2D eigenvalue weighted by Crippen LogP contribution is -2.57. The zero-order chi connectivity index (χ0) is 18.5. The van der Waals surface area contributed by atoms with Gasteiger partial charge in [0.25, 0.3) is 5.91 Å². The van der Waals surface area contributed by atoms with Gasteiger partial charge in [-0.1, -0.05) is 13.8 Å². The number of amides is 3. The van der Waals surface area contributed by atoms with Gasteiger partial charge >= 0.3 is 6.03 Å². The van der Waals surface area contributed by atoms with Crippen molar-refractivity contribution in [1.29, 1.82) is 0 Å². The molecule has 4 heterocycles. The minimum atomic E-state index is -0.727. The third kappa shape index (κ3) is 2.51. The fraction of sp³-hybridized carbons (Fsp3) is 0.556. The molecule has 4 rings (SSSR count). The Morgan fingerprint density at radius 3 is 2.65 bits per heavy atom. The fourth-order valence-corrected chi connectivity index (χ4v) is 4.08. The van der Waals surface area contributed by atoms with Crippen molar-refractivity contribution in [3.05, 3.63) is 18.1 Å². The Morgan fingerprint density at radius 1 is 1.23 bits per heavy atom. The van der Waals surface area contributed by atoms with E-state index in [-0.39, 0.29) is 11.9 Å². The van der Waals surface area contributed by atoms with Gasteiger partial charge in [0, 0.05) is 25.8 Å². The number of aromatic nitrogens is 3. The van der Waals surface area contributed by atoms with E-state index in [1.807, 2.05) is 19.2 Å². The van der Waals surface area contributed by atoms with E-state index in [1.54, 1.807) is 4.90 Å². The van der Waals surface area contributed by atoms with Crippen molar-refractivity contribution in [2.24, 2.45) is 5.92 Å². The van der Waals surface area contributed by atoms with Crippen molar-refractivity contribution < 1.29 is 9.59 Å². The van der Waals surface area contributed by atoms with Crippen molar-refractivity contribution in [2.45, 2.75) is 39.2 Å². The van der Waals surface area contributed by atoms with Gasteiger partial charge in [-0.15, -0.1) is 0 Å². The Balaban J connectivity index is 1.61. The zero-order valence-electron chi connectivity index (χ0n) is 15.4. The van der Waals surface area contributed by atoms with Gasteiger partial charge < -0.3 is 14.8 Å². The summed E-state index contributed by atoms with van der Waals surface area (Å²) in [5, 5.41) is 2.52. The number of aryl methyl sites for hydroxylation is 1. The summed E-state index contributed by atoms with van der Waals surface area (Å²) in [6, 6.07) is 1.67. The molecule has 2 aliphatic rings.